The zero-order chi connectivity index (χ0) is 21.3. The highest BCUT2D eigenvalue weighted by atomic mass is 16.3. The normalized spacial score (nSPS) is 12.0. The van der Waals surface area contributed by atoms with Crippen molar-refractivity contribution in [1.29, 1.82) is 0 Å². The first-order chi connectivity index (χ1) is 14.5. The molecule has 3 aromatic carbocycles. The Morgan fingerprint density at radius 3 is 1.23 bits per heavy atom. The molecule has 0 saturated carbocycles. The number of benzene rings is 3. The molecule has 8 nitrogen and oxygen atoms in total. The molecule has 0 fully saturated rings. The van der Waals surface area contributed by atoms with Crippen LogP contribution in [0.4, 0.5) is 0 Å². The lowest BCUT2D eigenvalue weighted by atomic mass is 10.2. The Balaban J connectivity index is 1.58. The van der Waals surface area contributed by atoms with E-state index in [4.69, 9.17) is 0 Å². The van der Waals surface area contributed by atoms with Crippen molar-refractivity contribution in [3.8, 4) is 23.0 Å². The van der Waals surface area contributed by atoms with Gasteiger partial charge in [-0.1, -0.05) is 24.3 Å². The Bertz CT molecular complexity index is 1050. The van der Waals surface area contributed by atoms with Gasteiger partial charge in [-0.25, -0.2) is 0 Å². The molecule has 0 aliphatic rings. The maximum absolute atomic E-state index is 9.66. The van der Waals surface area contributed by atoms with Crippen LogP contribution in [0.15, 0.2) is 81.1 Å². The maximum Gasteiger partial charge on any atom is 0.124 e. The van der Waals surface area contributed by atoms with Gasteiger partial charge in [0.1, 0.15) is 23.0 Å². The summed E-state index contributed by atoms with van der Waals surface area (Å²) in [6, 6.07) is 15.5. The van der Waals surface area contributed by atoms with E-state index in [1.807, 2.05) is 24.3 Å². The highest BCUT2D eigenvalue weighted by molar-refractivity contribution is 5.87. The second kappa shape index (κ2) is 9.65. The third kappa shape index (κ3) is 5.77. The van der Waals surface area contributed by atoms with Crippen molar-refractivity contribution in [2.45, 2.75) is 0 Å². The number of rotatable bonds is 6. The lowest BCUT2D eigenvalue weighted by Crippen LogP contribution is -1.85. The molecule has 3 rings (SSSR count). The second-order valence-corrected chi connectivity index (χ2v) is 6.13. The van der Waals surface area contributed by atoms with Crippen molar-refractivity contribution in [3.05, 3.63) is 82.9 Å². The molecule has 8 heteroatoms. The number of hydrogen-bond acceptors (Lipinski definition) is 8. The molecule has 30 heavy (non-hydrogen) atoms. The molecule has 150 valence electrons. The molecule has 0 spiro atoms. The summed E-state index contributed by atoms with van der Waals surface area (Å²) in [7, 11) is 0. The van der Waals surface area contributed by atoms with Crippen LogP contribution >= 0.6 is 0 Å². The first-order valence-corrected chi connectivity index (χ1v) is 8.78. The van der Waals surface area contributed by atoms with Gasteiger partial charge in [-0.05, 0) is 47.5 Å². The summed E-state index contributed by atoms with van der Waals surface area (Å²) < 4.78 is 0. The maximum atomic E-state index is 9.66. The summed E-state index contributed by atoms with van der Waals surface area (Å²) in [6.45, 7) is 0. The smallest absolute Gasteiger partial charge is 0.124 e. The first kappa shape index (κ1) is 20.3. The predicted molar refractivity (Wildman–Crippen MR) is 116 cm³/mol. The van der Waals surface area contributed by atoms with Crippen LogP contribution in [-0.2, 0) is 0 Å². The van der Waals surface area contributed by atoms with Crippen LogP contribution in [0, 0.1) is 0 Å². The summed E-state index contributed by atoms with van der Waals surface area (Å²) >= 11 is 0. The van der Waals surface area contributed by atoms with Gasteiger partial charge in [-0.3, -0.25) is 0 Å². The van der Waals surface area contributed by atoms with Crippen LogP contribution in [0.25, 0.3) is 0 Å². The molecule has 3 aromatic rings. The Hall–Kier alpha value is -4.46. The Labute approximate surface area is 172 Å². The summed E-state index contributed by atoms with van der Waals surface area (Å²) in [6.07, 6.45) is 5.77. The van der Waals surface area contributed by atoms with Crippen molar-refractivity contribution in [2.75, 3.05) is 0 Å². The van der Waals surface area contributed by atoms with Gasteiger partial charge in [0, 0.05) is 11.1 Å². The number of nitrogens with zero attached hydrogens (tertiary/aromatic N) is 4. The molecular formula is C22H18N4O4. The zero-order valence-corrected chi connectivity index (χ0v) is 15.7. The minimum absolute atomic E-state index is 0.00247. The van der Waals surface area contributed by atoms with Crippen LogP contribution in [0.5, 0.6) is 23.0 Å². The van der Waals surface area contributed by atoms with Crippen molar-refractivity contribution in [3.63, 3.8) is 0 Å². The molecule has 0 amide bonds. The highest BCUT2D eigenvalue weighted by Gasteiger charge is 1.99. The van der Waals surface area contributed by atoms with Crippen molar-refractivity contribution in [2.24, 2.45) is 20.4 Å². The average Bonchev–Trinajstić information content (AvgIpc) is 2.74. The minimum Gasteiger partial charge on any atom is -0.508 e. The average molecular weight is 402 g/mol. The second-order valence-electron chi connectivity index (χ2n) is 6.13. The number of phenols is 4. The number of aromatic hydroxyl groups is 4. The molecule has 0 aliphatic carbocycles. The predicted octanol–water partition coefficient (Wildman–Crippen LogP) is 3.42. The van der Waals surface area contributed by atoms with E-state index < -0.39 is 0 Å². The molecule has 0 unspecified atom stereocenters. The molecule has 0 aromatic heterocycles. The van der Waals surface area contributed by atoms with E-state index in [1.165, 1.54) is 48.8 Å². The Kier molecular flexibility index (Phi) is 6.52. The lowest BCUT2D eigenvalue weighted by molar-refractivity contribution is 0.459. The molecule has 0 aliphatic heterocycles. The standard InChI is InChI=1S/C22H18N4O4/c27-19-5-7-21(29)17(9-19)13-25-23-11-15-1-2-16(4-3-15)12-24-26-14-18-10-20(28)6-8-22(18)30/h1-14,27-30H. The summed E-state index contributed by atoms with van der Waals surface area (Å²) in [5, 5.41) is 53.7. The monoisotopic (exact) mass is 402 g/mol. The van der Waals surface area contributed by atoms with Crippen LogP contribution < -0.4 is 0 Å². The summed E-state index contributed by atoms with van der Waals surface area (Å²) in [4.78, 5) is 0. The minimum atomic E-state index is -0.00247. The summed E-state index contributed by atoms with van der Waals surface area (Å²) in [5.41, 5.74) is 2.33. The number of hydrogen-bond donors (Lipinski definition) is 4. The third-order valence-electron chi connectivity index (χ3n) is 3.90. The van der Waals surface area contributed by atoms with Gasteiger partial charge in [-0.2, -0.15) is 20.4 Å². The van der Waals surface area contributed by atoms with Crippen molar-refractivity contribution < 1.29 is 20.4 Å². The largest absolute Gasteiger partial charge is 0.508 e. The van der Waals surface area contributed by atoms with Crippen LogP contribution in [0.1, 0.15) is 22.3 Å². The fourth-order valence-electron chi connectivity index (χ4n) is 2.35. The van der Waals surface area contributed by atoms with Gasteiger partial charge in [-0.15, -0.1) is 0 Å². The van der Waals surface area contributed by atoms with Gasteiger partial charge in [0.25, 0.3) is 0 Å². The van der Waals surface area contributed by atoms with E-state index in [-0.39, 0.29) is 23.0 Å². The first-order valence-electron chi connectivity index (χ1n) is 8.78. The van der Waals surface area contributed by atoms with E-state index in [2.05, 4.69) is 20.4 Å². The molecule has 0 bridgehead atoms. The lowest BCUT2D eigenvalue weighted by Gasteiger charge is -1.98. The van der Waals surface area contributed by atoms with E-state index >= 15 is 0 Å². The van der Waals surface area contributed by atoms with Gasteiger partial charge in [0.15, 0.2) is 0 Å². The van der Waals surface area contributed by atoms with Crippen molar-refractivity contribution in [1.82, 2.24) is 0 Å². The van der Waals surface area contributed by atoms with Crippen LogP contribution in [0.2, 0.25) is 0 Å². The van der Waals surface area contributed by atoms with Crippen LogP contribution in [0.3, 0.4) is 0 Å². The highest BCUT2D eigenvalue weighted by Crippen LogP contribution is 2.21. The molecule has 0 atom stereocenters. The SMILES string of the molecule is Oc1ccc(O)c(C=NN=Cc2ccc(C=NN=Cc3cc(O)ccc3O)cc2)c1. The third-order valence-corrected chi connectivity index (χ3v) is 3.90. The zero-order valence-electron chi connectivity index (χ0n) is 15.7. The Morgan fingerprint density at radius 2 is 0.833 bits per heavy atom. The number of phenolic OH excluding ortho intramolecular Hbond substituents is 4. The van der Waals surface area contributed by atoms with E-state index in [1.54, 1.807) is 12.4 Å². The van der Waals surface area contributed by atoms with Crippen LogP contribution in [-0.4, -0.2) is 45.3 Å². The molecule has 0 saturated heterocycles. The fourth-order valence-corrected chi connectivity index (χ4v) is 2.35. The van der Waals surface area contributed by atoms with Gasteiger partial charge >= 0.3 is 0 Å². The van der Waals surface area contributed by atoms with Gasteiger partial charge in [0.05, 0.1) is 24.9 Å². The fraction of sp³-hybridized carbons (Fsp3) is 0. The molecule has 0 radical (unpaired) electrons. The van der Waals surface area contributed by atoms with E-state index in [9.17, 15) is 20.4 Å². The topological polar surface area (TPSA) is 130 Å². The van der Waals surface area contributed by atoms with Gasteiger partial charge in [0.2, 0.25) is 0 Å². The van der Waals surface area contributed by atoms with Crippen molar-refractivity contribution >= 4 is 24.9 Å². The molecule has 4 N–H and O–H groups in total. The summed E-state index contributed by atoms with van der Waals surface area (Å²) in [5.74, 6) is 0.0479. The van der Waals surface area contributed by atoms with E-state index in [0.29, 0.717) is 11.1 Å². The van der Waals surface area contributed by atoms with Gasteiger partial charge < -0.3 is 20.4 Å². The van der Waals surface area contributed by atoms with E-state index in [0.717, 1.165) is 11.1 Å². The molecular weight excluding hydrogens is 384 g/mol. The molecule has 0 heterocycles. The Morgan fingerprint density at radius 1 is 0.467 bits per heavy atom. The quantitative estimate of drug-likeness (QED) is 0.286.